The summed E-state index contributed by atoms with van der Waals surface area (Å²) in [5.74, 6) is -4.05. The highest BCUT2D eigenvalue weighted by atomic mass is 16.7. The monoisotopic (exact) mass is 613 g/mol. The Morgan fingerprint density at radius 2 is 1.74 bits per heavy atom. The van der Waals surface area contributed by atoms with Gasteiger partial charge >= 0.3 is 5.97 Å². The first kappa shape index (κ1) is 36.0. The third-order valence-corrected chi connectivity index (χ3v) is 10.5. The van der Waals surface area contributed by atoms with Crippen LogP contribution in [0.4, 0.5) is 0 Å². The Bertz CT molecular complexity index is 1000. The van der Waals surface area contributed by atoms with Gasteiger partial charge in [0.25, 0.3) is 0 Å². The minimum Gasteiger partial charge on any atom is -0.459 e. The van der Waals surface area contributed by atoms with Crippen molar-refractivity contribution in [2.24, 2.45) is 23.7 Å². The molecule has 0 amide bonds. The molecule has 3 unspecified atom stereocenters. The van der Waals surface area contributed by atoms with E-state index in [1.165, 1.54) is 6.92 Å². The number of aliphatic hydroxyl groups excluding tert-OH is 1. The van der Waals surface area contributed by atoms with Gasteiger partial charge < -0.3 is 43.6 Å². The molecular formula is C32H55NO10. The fraction of sp³-hybridized carbons (Fsp3) is 0.906. The number of hydrogen-bond donors (Lipinski definition) is 2. The number of methoxy groups -OCH3 is 1. The Kier molecular flexibility index (Phi) is 11.3. The van der Waals surface area contributed by atoms with Gasteiger partial charge in [0.05, 0.1) is 29.5 Å². The fourth-order valence-corrected chi connectivity index (χ4v) is 7.74. The highest BCUT2D eigenvalue weighted by Crippen LogP contribution is 2.54. The first-order valence-corrected chi connectivity index (χ1v) is 15.7. The lowest BCUT2D eigenvalue weighted by Crippen LogP contribution is -2.59. The van der Waals surface area contributed by atoms with Crippen molar-refractivity contribution in [3.63, 3.8) is 0 Å². The molecule has 3 aliphatic rings. The number of cyclic esters (lactones) is 1. The van der Waals surface area contributed by atoms with E-state index < -0.39 is 70.9 Å². The maximum absolute atomic E-state index is 13.9. The van der Waals surface area contributed by atoms with E-state index in [0.717, 1.165) is 6.29 Å². The average Bonchev–Trinajstić information content (AvgIpc) is 3.64. The van der Waals surface area contributed by atoms with Crippen molar-refractivity contribution in [3.05, 3.63) is 0 Å². The van der Waals surface area contributed by atoms with Crippen LogP contribution in [0.2, 0.25) is 0 Å². The molecule has 0 aromatic rings. The lowest BCUT2D eigenvalue weighted by Gasteiger charge is -2.47. The molecule has 0 bridgehead atoms. The van der Waals surface area contributed by atoms with Crippen LogP contribution in [-0.4, -0.2) is 114 Å². The van der Waals surface area contributed by atoms with E-state index in [2.05, 4.69) is 0 Å². The minimum absolute atomic E-state index is 0.00169. The van der Waals surface area contributed by atoms with E-state index >= 15 is 0 Å². The van der Waals surface area contributed by atoms with Crippen molar-refractivity contribution in [1.82, 2.24) is 4.90 Å². The zero-order valence-corrected chi connectivity index (χ0v) is 27.9. The quantitative estimate of drug-likeness (QED) is 0.189. The molecule has 3 fully saturated rings. The number of carbonyl (C=O) groups excluding carboxylic acids is 3. The lowest BCUT2D eigenvalue weighted by molar-refractivity contribution is -0.295. The molecule has 0 radical (unpaired) electrons. The molecule has 3 rings (SSSR count). The molecule has 14 atom stereocenters. The summed E-state index contributed by atoms with van der Waals surface area (Å²) in [7, 11) is 5.32. The van der Waals surface area contributed by atoms with Crippen molar-refractivity contribution in [2.45, 2.75) is 141 Å². The SMILES string of the molecule is CC[C@H]1OC(=O)C(C)C(=O)[C@@H](C)[C@@H](O[C@@H]2O[C@H](C)C[C@H](N(C)C)[C@H]2O)[C@](C)(OC)C[C@@H](C)C2OC2(C)[C@H](CC=O)[C@]1(C)O. The molecule has 0 aliphatic carbocycles. The second-order valence-corrected chi connectivity index (χ2v) is 14.0. The third-order valence-electron chi connectivity index (χ3n) is 10.5. The highest BCUT2D eigenvalue weighted by molar-refractivity contribution is 6.00. The van der Waals surface area contributed by atoms with Crippen molar-refractivity contribution in [2.75, 3.05) is 21.2 Å². The summed E-state index contributed by atoms with van der Waals surface area (Å²) in [6, 6.07) is -0.228. The Labute approximate surface area is 256 Å². The van der Waals surface area contributed by atoms with E-state index in [1.54, 1.807) is 27.9 Å². The lowest BCUT2D eigenvalue weighted by atomic mass is 9.70. The number of aliphatic hydroxyl groups is 2. The van der Waals surface area contributed by atoms with Gasteiger partial charge in [-0.15, -0.1) is 0 Å². The van der Waals surface area contributed by atoms with Crippen LogP contribution in [0.3, 0.4) is 0 Å². The molecule has 3 heterocycles. The van der Waals surface area contributed by atoms with Gasteiger partial charge in [-0.25, -0.2) is 0 Å². The van der Waals surface area contributed by atoms with Crippen molar-refractivity contribution >= 4 is 18.0 Å². The van der Waals surface area contributed by atoms with Crippen molar-refractivity contribution < 1.29 is 48.3 Å². The molecular weight excluding hydrogens is 558 g/mol. The third kappa shape index (κ3) is 7.03. The number of esters is 1. The van der Waals surface area contributed by atoms with Crippen LogP contribution in [0.15, 0.2) is 0 Å². The van der Waals surface area contributed by atoms with Crippen LogP contribution in [0.1, 0.15) is 81.1 Å². The van der Waals surface area contributed by atoms with Crippen molar-refractivity contribution in [3.8, 4) is 0 Å². The molecule has 248 valence electrons. The number of carbonyl (C=O) groups is 3. The predicted octanol–water partition coefficient (Wildman–Crippen LogP) is 2.52. The van der Waals surface area contributed by atoms with Gasteiger partial charge in [0.1, 0.15) is 30.0 Å². The van der Waals surface area contributed by atoms with Gasteiger partial charge in [-0.1, -0.05) is 20.8 Å². The molecule has 11 heteroatoms. The van der Waals surface area contributed by atoms with Crippen LogP contribution in [0, 0.1) is 23.7 Å². The highest BCUT2D eigenvalue weighted by Gasteiger charge is 2.66. The summed E-state index contributed by atoms with van der Waals surface area (Å²) < 4.78 is 30.9. The van der Waals surface area contributed by atoms with Crippen LogP contribution in [0.5, 0.6) is 0 Å². The molecule has 0 spiro atoms. The molecule has 0 aromatic carbocycles. The molecule has 43 heavy (non-hydrogen) atoms. The predicted molar refractivity (Wildman–Crippen MR) is 158 cm³/mol. The van der Waals surface area contributed by atoms with E-state index in [9.17, 15) is 24.6 Å². The maximum atomic E-state index is 13.9. The number of epoxide rings is 1. The number of ether oxygens (including phenoxy) is 5. The summed E-state index contributed by atoms with van der Waals surface area (Å²) in [6.07, 6.45) is -2.46. The summed E-state index contributed by atoms with van der Waals surface area (Å²) in [5.41, 5.74) is -3.55. The summed E-state index contributed by atoms with van der Waals surface area (Å²) in [5, 5.41) is 23.1. The van der Waals surface area contributed by atoms with Gasteiger partial charge in [-0.3, -0.25) is 9.59 Å². The van der Waals surface area contributed by atoms with E-state index in [4.69, 9.17) is 23.7 Å². The van der Waals surface area contributed by atoms with E-state index in [0.29, 0.717) is 12.8 Å². The average molecular weight is 614 g/mol. The fourth-order valence-electron chi connectivity index (χ4n) is 7.74. The molecule has 3 saturated heterocycles. The Morgan fingerprint density at radius 3 is 2.28 bits per heavy atom. The summed E-state index contributed by atoms with van der Waals surface area (Å²) in [6.45, 7) is 14.2. The number of hydrogen-bond acceptors (Lipinski definition) is 11. The normalized spacial score (nSPS) is 48.3. The molecule has 0 aromatic heterocycles. The number of likely N-dealkylation sites (N-methyl/N-ethyl adjacent to an activating group) is 1. The minimum atomic E-state index is -1.60. The topological polar surface area (TPSA) is 144 Å². The van der Waals surface area contributed by atoms with E-state index in [-0.39, 0.29) is 37.0 Å². The van der Waals surface area contributed by atoms with Gasteiger partial charge in [0.2, 0.25) is 0 Å². The molecule has 2 N–H and O–H groups in total. The summed E-state index contributed by atoms with van der Waals surface area (Å²) >= 11 is 0. The maximum Gasteiger partial charge on any atom is 0.316 e. The number of ketones is 1. The van der Waals surface area contributed by atoms with Crippen LogP contribution in [-0.2, 0) is 38.1 Å². The molecule has 11 nitrogen and oxygen atoms in total. The number of nitrogens with zero attached hydrogens (tertiary/aromatic N) is 1. The second-order valence-electron chi connectivity index (χ2n) is 14.0. The van der Waals surface area contributed by atoms with Crippen LogP contribution in [0.25, 0.3) is 0 Å². The number of rotatable bonds is 7. The smallest absolute Gasteiger partial charge is 0.316 e. The zero-order chi connectivity index (χ0) is 32.7. The second kappa shape index (κ2) is 13.5. The van der Waals surface area contributed by atoms with Gasteiger partial charge in [0.15, 0.2) is 12.1 Å². The van der Waals surface area contributed by atoms with Crippen LogP contribution < -0.4 is 0 Å². The van der Waals surface area contributed by atoms with Crippen LogP contribution >= 0.6 is 0 Å². The van der Waals surface area contributed by atoms with Gasteiger partial charge in [0, 0.05) is 31.4 Å². The molecule has 0 saturated carbocycles. The zero-order valence-electron chi connectivity index (χ0n) is 27.9. The number of aldehydes is 1. The first-order valence-electron chi connectivity index (χ1n) is 15.7. The van der Waals surface area contributed by atoms with Crippen molar-refractivity contribution in [1.29, 1.82) is 0 Å². The largest absolute Gasteiger partial charge is 0.459 e. The number of Topliss-reactive ketones (excluding diaryl/α,β-unsaturated/α-hetero) is 1. The van der Waals surface area contributed by atoms with Gasteiger partial charge in [-0.05, 0) is 73.9 Å². The standard InChI is InChI=1S/C32H55NO10/c1-12-23-31(7,38)22(13-14-34)32(8)26(43-32)17(2)16-30(6,39-11)27(19(4)24(35)20(5)28(37)41-23)42-29-25(36)21(33(9)10)15-18(3)40-29/h14,17-23,25-27,29,36,38H,12-13,15-16H2,1-11H3/t17-,18-,19-,20?,21+,22-,23-,25-,26?,27-,29+,30-,31+,32?/m1/s1. The Morgan fingerprint density at radius 1 is 1.12 bits per heavy atom. The van der Waals surface area contributed by atoms with E-state index in [1.807, 2.05) is 46.7 Å². The molecule has 3 aliphatic heterocycles. The van der Waals surface area contributed by atoms with Gasteiger partial charge in [-0.2, -0.15) is 0 Å². The Hall–Kier alpha value is -1.47. The Balaban J connectivity index is 2.08. The first-order chi connectivity index (χ1) is 19.9. The summed E-state index contributed by atoms with van der Waals surface area (Å²) in [4.78, 5) is 41.1. The number of fused-ring (bicyclic) bond motifs is 1.